The van der Waals surface area contributed by atoms with Gasteiger partial charge >= 0.3 is 64.7 Å². The van der Waals surface area contributed by atoms with Crippen LogP contribution in [0.25, 0.3) is 0 Å². The average molecular weight is 1290 g/mol. The molecule has 2 heterocycles. The molecule has 0 amide bonds. The Morgan fingerprint density at radius 1 is 0.447 bits per heavy atom. The van der Waals surface area contributed by atoms with Gasteiger partial charge < -0.3 is 71.7 Å². The Balaban J connectivity index is 1.35. The van der Waals surface area contributed by atoms with Gasteiger partial charge in [-0.15, -0.1) is 4.33 Å². The first kappa shape index (κ1) is 65.4. The Bertz CT molecular complexity index is 3180. The van der Waals surface area contributed by atoms with Crippen molar-refractivity contribution in [3.8, 4) is 28.7 Å². The zero-order valence-corrected chi connectivity index (χ0v) is 56.6. The summed E-state index contributed by atoms with van der Waals surface area (Å²) in [6.07, 6.45) is -0.0571. The van der Waals surface area contributed by atoms with E-state index < -0.39 is 75.9 Å². The molecule has 6 aromatic carbocycles. The number of aromatic hydroxyl groups is 2. The van der Waals surface area contributed by atoms with Crippen molar-refractivity contribution >= 4 is 76.7 Å². The summed E-state index contributed by atoms with van der Waals surface area (Å²) in [5, 5.41) is 25.9. The lowest BCUT2D eigenvalue weighted by Crippen LogP contribution is -2.80. The minimum atomic E-state index is -4.64. The smallest absolute Gasteiger partial charge is 0.508 e. The van der Waals surface area contributed by atoms with E-state index in [9.17, 15) is 19.8 Å². The quantitative estimate of drug-likeness (QED) is 0.0138. The molecule has 2 aliphatic heterocycles. The summed E-state index contributed by atoms with van der Waals surface area (Å²) in [6, 6.07) is 42.8. The van der Waals surface area contributed by atoms with Gasteiger partial charge in [0.05, 0.1) is 0 Å². The van der Waals surface area contributed by atoms with Crippen molar-refractivity contribution < 1.29 is 90.7 Å². The monoisotopic (exact) mass is 1290 g/mol. The third kappa shape index (κ3) is 19.0. The number of benzene rings is 6. The molecule has 0 radical (unpaired) electrons. The van der Waals surface area contributed by atoms with Crippen molar-refractivity contribution in [1.29, 1.82) is 0 Å². The highest BCUT2D eigenvalue weighted by Gasteiger charge is 2.72. The predicted octanol–water partition coefficient (Wildman–Crippen LogP) is 11.9. The minimum absolute atomic E-state index is 0.0146. The van der Waals surface area contributed by atoms with Gasteiger partial charge in [0.15, 0.2) is 5.75 Å². The number of hydrogen-bond donors (Lipinski definition) is 2. The molecule has 6 unspecified atom stereocenters. The molecular weight excluding hydrogens is 1220 g/mol. The number of hydrogen-bond acceptors (Lipinski definition) is 21. The molecule has 6 atom stereocenters. The van der Waals surface area contributed by atoms with E-state index in [0.29, 0.717) is 22.4 Å². The number of carbonyl (C=O) groups is 2. The molecule has 2 fully saturated rings. The van der Waals surface area contributed by atoms with Crippen LogP contribution in [0.3, 0.4) is 0 Å². The average Bonchev–Trinajstić information content (AvgIpc) is 0.765. The van der Waals surface area contributed by atoms with Gasteiger partial charge in [0.2, 0.25) is 0 Å². The summed E-state index contributed by atoms with van der Waals surface area (Å²) in [4.78, 5) is 31.1. The van der Waals surface area contributed by atoms with Crippen LogP contribution in [0.2, 0.25) is 13.1 Å². The van der Waals surface area contributed by atoms with Crippen LogP contribution in [-0.4, -0.2) is 107 Å². The molecule has 85 heavy (non-hydrogen) atoms. The molecule has 2 aliphatic rings. The molecule has 2 N–H and O–H groups in total. The van der Waals surface area contributed by atoms with E-state index in [1.165, 1.54) is 14.2 Å². The summed E-state index contributed by atoms with van der Waals surface area (Å²) in [6.45, 7) is 16.4. The first-order valence-electron chi connectivity index (χ1n) is 27.4. The maximum Gasteiger partial charge on any atom is 0.514 e. The fraction of sp³-hybridized carbons (Fsp3) is 0.345. The molecule has 27 heteroatoms. The number of rotatable bonds is 20. The molecule has 0 saturated carbocycles. The van der Waals surface area contributed by atoms with Crippen LogP contribution < -0.4 is 14.4 Å². The zero-order chi connectivity index (χ0) is 61.3. The van der Waals surface area contributed by atoms with Gasteiger partial charge in [-0.3, -0.25) is 0 Å². The van der Waals surface area contributed by atoms with E-state index in [-0.39, 0.29) is 59.3 Å². The molecule has 0 spiro atoms. The fourth-order valence-corrected chi connectivity index (χ4v) is 42.1. The van der Waals surface area contributed by atoms with Crippen molar-refractivity contribution in [1.82, 2.24) is 0 Å². The van der Waals surface area contributed by atoms with Crippen molar-refractivity contribution in [2.45, 2.75) is 109 Å². The highest BCUT2D eigenvalue weighted by molar-refractivity contribution is 7.93. The van der Waals surface area contributed by atoms with E-state index >= 15 is 0 Å². The van der Waals surface area contributed by atoms with Gasteiger partial charge in [0.25, 0.3) is 0 Å². The Labute approximate surface area is 507 Å². The van der Waals surface area contributed by atoms with Crippen molar-refractivity contribution in [2.24, 2.45) is 0 Å². The van der Waals surface area contributed by atoms with E-state index in [1.54, 1.807) is 133 Å². The number of phenolic OH excluding ortho intramolecular Hbond substituents is 2. The van der Waals surface area contributed by atoms with E-state index in [1.807, 2.05) is 80.7 Å². The highest BCUT2D eigenvalue weighted by atomic mass is 32.2. The Hall–Kier alpha value is -5.53. The number of aryl methyl sites for hydroxylation is 1. The minimum Gasteiger partial charge on any atom is -0.508 e. The lowest BCUT2D eigenvalue weighted by atomic mass is 10.2. The number of ether oxygens (including phenoxy) is 4. The first-order valence-corrected chi connectivity index (χ1v) is 41.3. The summed E-state index contributed by atoms with van der Waals surface area (Å²) >= 11 is 0.968. The maximum atomic E-state index is 12.8. The summed E-state index contributed by atoms with van der Waals surface area (Å²) in [7, 11) is -22.8. The van der Waals surface area contributed by atoms with E-state index in [2.05, 4.69) is 0 Å². The molecular formula is C58H74O20SSi6. The maximum absolute atomic E-state index is 12.8. The van der Waals surface area contributed by atoms with Crippen LogP contribution in [0.15, 0.2) is 146 Å². The van der Waals surface area contributed by atoms with Crippen molar-refractivity contribution in [3.05, 3.63) is 185 Å². The van der Waals surface area contributed by atoms with Crippen LogP contribution in [0.1, 0.15) is 80.5 Å². The van der Waals surface area contributed by atoms with Crippen LogP contribution in [0, 0.1) is 6.92 Å². The Morgan fingerprint density at radius 2 is 0.788 bits per heavy atom. The SMILES string of the molecule is CO[Si]1(Cc2ccc(OC(=O)OC(C)(C)C)cc2)O[Si](Cc2ccc(OC(=O)OC(C)(C)C)cc2)(OC)O[Si]2(Cc3ccc(OOOSC)cc3)O[Si](C)(Cc3ccc(O)cc3)O[Si](C)(Cc3ccc(O)cc3)O[Si](Cc3ccc(C)cc3)(O1)O2. The van der Waals surface area contributed by atoms with Crippen molar-refractivity contribution in [2.75, 3.05) is 20.5 Å². The van der Waals surface area contributed by atoms with E-state index in [4.69, 9.17) is 70.9 Å². The molecule has 2 bridgehead atoms. The third-order valence-corrected chi connectivity index (χ3v) is 39.2. The largest absolute Gasteiger partial charge is 0.514 e. The van der Waals surface area contributed by atoms with Gasteiger partial charge in [-0.05, 0) is 161 Å². The summed E-state index contributed by atoms with van der Waals surface area (Å²) in [5.41, 5.74) is 3.81. The predicted molar refractivity (Wildman–Crippen MR) is 327 cm³/mol. The topological polar surface area (TPSA) is 222 Å². The standard InChI is InChI=1S/C58H74O20SSi6/c1-43-13-15-46(16-14-43)41-84-73-80(11,37-44-17-27-50(59)28-18-44)72-81(12,38-45-19-29-51(60)30-20-45)74-85(78-84,42-49-25-35-54(36-26-49)69-70-71-79-10)77-83(64-9,40-48-23-33-53(34-24-48)66-56(62)68-58(5,6)7)75-82(63-8,76-84)39-47-21-31-52(32-22-47)65-55(61)67-57(2,3)4/h13-36,59-60H,37-42H2,1-12H3. The Morgan fingerprint density at radius 3 is 1.15 bits per heavy atom. The zero-order valence-electron chi connectivity index (χ0n) is 49.8. The van der Waals surface area contributed by atoms with Crippen LogP contribution in [-0.2, 0) is 92.8 Å². The van der Waals surface area contributed by atoms with Gasteiger partial charge in [-0.2, -0.15) is 0 Å². The Kier molecular flexibility index (Phi) is 21.0. The third-order valence-electron chi connectivity index (χ3n) is 12.9. The van der Waals surface area contributed by atoms with Gasteiger partial charge in [-0.1, -0.05) is 90.5 Å². The lowest BCUT2D eigenvalue weighted by Gasteiger charge is -2.55. The fourth-order valence-electron chi connectivity index (χ4n) is 9.59. The number of phenols is 2. The first-order chi connectivity index (χ1) is 40.1. The van der Waals surface area contributed by atoms with Crippen LogP contribution in [0.5, 0.6) is 28.7 Å². The van der Waals surface area contributed by atoms with Gasteiger partial charge in [0.1, 0.15) is 34.2 Å². The second-order valence-corrected chi connectivity index (χ2v) is 42.1. The number of fused-ring (bicyclic) bond motifs is 2. The second kappa shape index (κ2) is 27.2. The number of carbonyl (C=O) groups excluding carboxylic acids is 2. The molecule has 0 aliphatic carbocycles. The molecule has 8 rings (SSSR count). The molecule has 2 saturated heterocycles. The van der Waals surface area contributed by atoms with Crippen LogP contribution >= 0.6 is 12.0 Å². The van der Waals surface area contributed by atoms with Gasteiger partial charge in [-0.25, -0.2) is 9.59 Å². The summed E-state index contributed by atoms with van der Waals surface area (Å²) < 4.78 is 95.7. The second-order valence-electron chi connectivity index (χ2n) is 23.0. The lowest BCUT2D eigenvalue weighted by molar-refractivity contribution is -0.403. The van der Waals surface area contributed by atoms with E-state index in [0.717, 1.165) is 34.3 Å². The van der Waals surface area contributed by atoms with Crippen LogP contribution in [0.4, 0.5) is 9.59 Å². The van der Waals surface area contributed by atoms with Crippen molar-refractivity contribution in [3.63, 3.8) is 0 Å². The molecule has 20 nitrogen and oxygen atoms in total. The molecule has 456 valence electrons. The highest BCUT2D eigenvalue weighted by Crippen LogP contribution is 2.44. The normalized spacial score (nSPS) is 24.4. The summed E-state index contributed by atoms with van der Waals surface area (Å²) in [5.74, 6) is 0.951. The van der Waals surface area contributed by atoms with Gasteiger partial charge in [0, 0.05) is 68.8 Å². The molecule has 6 aromatic rings. The molecule has 0 aromatic heterocycles.